The van der Waals surface area contributed by atoms with E-state index < -0.39 is 0 Å². The van der Waals surface area contributed by atoms with Crippen LogP contribution in [0.5, 0.6) is 5.75 Å². The minimum absolute atomic E-state index is 0.0402. The van der Waals surface area contributed by atoms with Crippen molar-refractivity contribution in [1.82, 2.24) is 10.3 Å². The first-order valence-electron chi connectivity index (χ1n) is 11.1. The molecule has 3 N–H and O–H groups in total. The highest BCUT2D eigenvalue weighted by molar-refractivity contribution is 5.87. The number of nitrogens with two attached hydrogens (primary N) is 1. The smallest absolute Gasteiger partial charge is 0.220 e. The first-order valence-corrected chi connectivity index (χ1v) is 11.1. The molecular formula is C28H29N3O2. The number of para-hydroxylation sites is 1. The SMILES string of the molecule is COc1ccccc1C(C)NC(=O)CCc1cc2cc(-c3ccccc3C)ccc2nc1N. The summed E-state index contributed by atoms with van der Waals surface area (Å²) in [7, 11) is 1.63. The zero-order valence-corrected chi connectivity index (χ0v) is 19.3. The van der Waals surface area contributed by atoms with Crippen LogP contribution in [0, 0.1) is 6.92 Å². The van der Waals surface area contributed by atoms with Gasteiger partial charge >= 0.3 is 0 Å². The average molecular weight is 440 g/mol. The van der Waals surface area contributed by atoms with Crippen molar-refractivity contribution in [3.05, 3.63) is 89.5 Å². The Balaban J connectivity index is 1.49. The van der Waals surface area contributed by atoms with Crippen LogP contribution in [0.4, 0.5) is 5.82 Å². The van der Waals surface area contributed by atoms with Crippen LogP contribution < -0.4 is 15.8 Å². The summed E-state index contributed by atoms with van der Waals surface area (Å²) in [5, 5.41) is 4.07. The fourth-order valence-corrected chi connectivity index (χ4v) is 4.16. The summed E-state index contributed by atoms with van der Waals surface area (Å²) < 4.78 is 5.41. The number of aryl methyl sites for hydroxylation is 2. The van der Waals surface area contributed by atoms with E-state index in [9.17, 15) is 4.79 Å². The number of amides is 1. The first-order chi connectivity index (χ1) is 16.0. The quantitative estimate of drug-likeness (QED) is 0.392. The summed E-state index contributed by atoms with van der Waals surface area (Å²) in [5.74, 6) is 1.19. The molecule has 3 aromatic carbocycles. The number of hydrogen-bond acceptors (Lipinski definition) is 4. The predicted octanol–water partition coefficient (Wildman–Crippen LogP) is 5.61. The summed E-state index contributed by atoms with van der Waals surface area (Å²) in [6, 6.07) is 24.1. The van der Waals surface area contributed by atoms with E-state index in [0.29, 0.717) is 18.7 Å². The van der Waals surface area contributed by atoms with E-state index in [1.54, 1.807) is 7.11 Å². The standard InChI is InChI=1S/C28H29N3O2/c1-18-8-4-5-9-23(18)20-12-14-25-22(16-20)17-21(28(29)31-25)13-15-27(32)30-19(2)24-10-6-7-11-26(24)33-3/h4-12,14,16-17,19H,13,15H2,1-3H3,(H2,29,31)(H,30,32). The highest BCUT2D eigenvalue weighted by Crippen LogP contribution is 2.28. The summed E-state index contributed by atoms with van der Waals surface area (Å²) in [4.78, 5) is 17.2. The molecule has 0 aliphatic carbocycles. The Morgan fingerprint density at radius 2 is 1.82 bits per heavy atom. The normalized spacial score (nSPS) is 11.8. The van der Waals surface area contributed by atoms with Crippen molar-refractivity contribution in [2.75, 3.05) is 12.8 Å². The molecule has 0 spiro atoms. The number of benzene rings is 3. The number of nitrogens with zero attached hydrogens (tertiary/aromatic N) is 1. The van der Waals surface area contributed by atoms with Crippen molar-refractivity contribution in [2.45, 2.75) is 32.7 Å². The number of methoxy groups -OCH3 is 1. The molecule has 0 radical (unpaired) electrons. The third-order valence-corrected chi connectivity index (χ3v) is 5.99. The van der Waals surface area contributed by atoms with Gasteiger partial charge in [0.2, 0.25) is 5.91 Å². The highest BCUT2D eigenvalue weighted by atomic mass is 16.5. The molecule has 0 saturated carbocycles. The van der Waals surface area contributed by atoms with Crippen LogP contribution in [0.1, 0.15) is 36.1 Å². The molecule has 5 heteroatoms. The van der Waals surface area contributed by atoms with E-state index in [0.717, 1.165) is 33.3 Å². The van der Waals surface area contributed by atoms with Crippen molar-refractivity contribution in [1.29, 1.82) is 0 Å². The van der Waals surface area contributed by atoms with E-state index >= 15 is 0 Å². The molecule has 4 rings (SSSR count). The molecule has 0 saturated heterocycles. The number of aromatic nitrogens is 1. The van der Waals surface area contributed by atoms with Gasteiger partial charge in [-0.25, -0.2) is 4.98 Å². The lowest BCUT2D eigenvalue weighted by Crippen LogP contribution is -2.27. The molecule has 33 heavy (non-hydrogen) atoms. The Morgan fingerprint density at radius 1 is 1.06 bits per heavy atom. The summed E-state index contributed by atoms with van der Waals surface area (Å²) in [5.41, 5.74) is 12.5. The number of nitrogens with one attached hydrogen (secondary N) is 1. The highest BCUT2D eigenvalue weighted by Gasteiger charge is 2.14. The van der Waals surface area contributed by atoms with Crippen LogP contribution in [-0.2, 0) is 11.2 Å². The van der Waals surface area contributed by atoms with Gasteiger partial charge in [-0.15, -0.1) is 0 Å². The van der Waals surface area contributed by atoms with Crippen molar-refractivity contribution in [3.63, 3.8) is 0 Å². The Morgan fingerprint density at radius 3 is 2.61 bits per heavy atom. The molecule has 4 aromatic rings. The molecule has 168 valence electrons. The maximum absolute atomic E-state index is 12.6. The molecule has 1 aromatic heterocycles. The number of carbonyl (C=O) groups is 1. The number of anilines is 1. The number of hydrogen-bond donors (Lipinski definition) is 2. The summed E-state index contributed by atoms with van der Waals surface area (Å²) in [6.45, 7) is 4.06. The van der Waals surface area contributed by atoms with Gasteiger partial charge in [-0.3, -0.25) is 4.79 Å². The van der Waals surface area contributed by atoms with Gasteiger partial charge in [0.05, 0.1) is 18.7 Å². The third kappa shape index (κ3) is 4.98. The lowest BCUT2D eigenvalue weighted by atomic mass is 9.98. The van der Waals surface area contributed by atoms with Crippen LogP contribution >= 0.6 is 0 Å². The second kappa shape index (κ2) is 9.74. The Kier molecular flexibility index (Phi) is 6.59. The largest absolute Gasteiger partial charge is 0.496 e. The molecule has 0 aliphatic heterocycles. The van der Waals surface area contributed by atoms with Gasteiger partial charge in [-0.2, -0.15) is 0 Å². The predicted molar refractivity (Wildman–Crippen MR) is 134 cm³/mol. The van der Waals surface area contributed by atoms with Gasteiger partial charge in [0, 0.05) is 17.4 Å². The lowest BCUT2D eigenvalue weighted by molar-refractivity contribution is -0.121. The van der Waals surface area contributed by atoms with E-state index in [1.165, 1.54) is 11.1 Å². The second-order valence-electron chi connectivity index (χ2n) is 8.29. The topological polar surface area (TPSA) is 77.2 Å². The summed E-state index contributed by atoms with van der Waals surface area (Å²) in [6.07, 6.45) is 0.849. The second-order valence-corrected chi connectivity index (χ2v) is 8.29. The maximum Gasteiger partial charge on any atom is 0.220 e. The molecule has 5 nitrogen and oxygen atoms in total. The Labute approximate surface area is 194 Å². The third-order valence-electron chi connectivity index (χ3n) is 5.99. The Bertz CT molecular complexity index is 1300. The van der Waals surface area contributed by atoms with Crippen LogP contribution in [0.15, 0.2) is 72.8 Å². The zero-order chi connectivity index (χ0) is 23.4. The number of nitrogen functional groups attached to an aromatic ring is 1. The van der Waals surface area contributed by atoms with Crippen LogP contribution in [-0.4, -0.2) is 18.0 Å². The van der Waals surface area contributed by atoms with Crippen molar-refractivity contribution in [2.24, 2.45) is 0 Å². The number of rotatable bonds is 7. The fourth-order valence-electron chi connectivity index (χ4n) is 4.16. The van der Waals surface area contributed by atoms with Gasteiger partial charge in [-0.05, 0) is 66.8 Å². The molecule has 0 aliphatic rings. The van der Waals surface area contributed by atoms with E-state index in [1.807, 2.05) is 49.4 Å². The van der Waals surface area contributed by atoms with Gasteiger partial charge in [0.1, 0.15) is 11.6 Å². The number of ether oxygens (including phenoxy) is 1. The summed E-state index contributed by atoms with van der Waals surface area (Å²) >= 11 is 0. The van der Waals surface area contributed by atoms with E-state index in [4.69, 9.17) is 10.5 Å². The maximum atomic E-state index is 12.6. The molecule has 1 amide bonds. The lowest BCUT2D eigenvalue weighted by Gasteiger charge is -2.17. The molecular weight excluding hydrogens is 410 g/mol. The molecule has 1 heterocycles. The van der Waals surface area contributed by atoms with Crippen molar-refractivity contribution < 1.29 is 9.53 Å². The molecule has 1 unspecified atom stereocenters. The number of pyridine rings is 1. The fraction of sp³-hybridized carbons (Fsp3) is 0.214. The van der Waals surface area contributed by atoms with Gasteiger partial charge < -0.3 is 15.8 Å². The average Bonchev–Trinajstić information content (AvgIpc) is 2.82. The van der Waals surface area contributed by atoms with Gasteiger partial charge in [0.15, 0.2) is 0 Å². The van der Waals surface area contributed by atoms with Gasteiger partial charge in [-0.1, -0.05) is 48.5 Å². The van der Waals surface area contributed by atoms with Crippen LogP contribution in [0.2, 0.25) is 0 Å². The molecule has 0 bridgehead atoms. The van der Waals surface area contributed by atoms with E-state index in [2.05, 4.69) is 47.6 Å². The monoisotopic (exact) mass is 439 g/mol. The molecule has 0 fully saturated rings. The Hall–Kier alpha value is -3.86. The number of carbonyl (C=O) groups excluding carboxylic acids is 1. The van der Waals surface area contributed by atoms with Crippen LogP contribution in [0.25, 0.3) is 22.0 Å². The zero-order valence-electron chi connectivity index (χ0n) is 19.3. The van der Waals surface area contributed by atoms with Crippen LogP contribution in [0.3, 0.4) is 0 Å². The van der Waals surface area contributed by atoms with Crippen molar-refractivity contribution >= 4 is 22.6 Å². The van der Waals surface area contributed by atoms with Crippen molar-refractivity contribution in [3.8, 4) is 16.9 Å². The number of fused-ring (bicyclic) bond motifs is 1. The molecule has 1 atom stereocenters. The minimum atomic E-state index is -0.155. The van der Waals surface area contributed by atoms with Gasteiger partial charge in [0.25, 0.3) is 0 Å². The first kappa shape index (κ1) is 22.3. The van der Waals surface area contributed by atoms with E-state index in [-0.39, 0.29) is 11.9 Å². The minimum Gasteiger partial charge on any atom is -0.496 e.